The van der Waals surface area contributed by atoms with E-state index in [0.29, 0.717) is 24.7 Å². The predicted octanol–water partition coefficient (Wildman–Crippen LogP) is 1.79. The molecule has 2 rings (SSSR count). The van der Waals surface area contributed by atoms with Gasteiger partial charge in [0.25, 0.3) is 0 Å². The summed E-state index contributed by atoms with van der Waals surface area (Å²) in [6, 6.07) is 2.02. The van der Waals surface area contributed by atoms with E-state index in [1.54, 1.807) is 0 Å². The molecule has 3 heteroatoms. The van der Waals surface area contributed by atoms with Gasteiger partial charge in [-0.3, -0.25) is 4.79 Å². The van der Waals surface area contributed by atoms with Crippen LogP contribution < -0.4 is 0 Å². The van der Waals surface area contributed by atoms with Crippen molar-refractivity contribution in [3.63, 3.8) is 0 Å². The van der Waals surface area contributed by atoms with E-state index < -0.39 is 11.4 Å². The second kappa shape index (κ2) is 2.73. The van der Waals surface area contributed by atoms with Crippen molar-refractivity contribution in [3.8, 4) is 6.07 Å². The first kappa shape index (κ1) is 8.55. The summed E-state index contributed by atoms with van der Waals surface area (Å²) in [6.07, 6.45) is 4.56. The van der Waals surface area contributed by atoms with Crippen LogP contribution >= 0.6 is 0 Å². The standard InChI is InChI=1S/C10H13NO2/c11-6-10(9(12)13)4-7-1-2-8(3-7)5-10/h7-8H,1-5H2,(H,12,13). The molecule has 2 fully saturated rings. The first-order valence-electron chi connectivity index (χ1n) is 4.81. The van der Waals surface area contributed by atoms with E-state index in [4.69, 9.17) is 10.4 Å². The fourth-order valence-electron chi connectivity index (χ4n) is 2.93. The maximum absolute atomic E-state index is 11.0. The van der Waals surface area contributed by atoms with E-state index in [9.17, 15) is 4.79 Å². The smallest absolute Gasteiger partial charge is 0.324 e. The van der Waals surface area contributed by atoms with Crippen LogP contribution in [0.1, 0.15) is 32.1 Å². The lowest BCUT2D eigenvalue weighted by atomic mass is 9.70. The van der Waals surface area contributed by atoms with Crippen molar-refractivity contribution in [3.05, 3.63) is 0 Å². The van der Waals surface area contributed by atoms with Gasteiger partial charge in [-0.25, -0.2) is 0 Å². The lowest BCUT2D eigenvalue weighted by Gasteiger charge is -2.31. The highest BCUT2D eigenvalue weighted by Crippen LogP contribution is 2.50. The number of nitrogens with zero attached hydrogens (tertiary/aromatic N) is 1. The average molecular weight is 179 g/mol. The molecule has 2 saturated carbocycles. The lowest BCUT2D eigenvalue weighted by molar-refractivity contribution is -0.148. The number of carboxylic acid groups (broad SMARTS) is 1. The van der Waals surface area contributed by atoms with Crippen molar-refractivity contribution >= 4 is 5.97 Å². The molecular weight excluding hydrogens is 166 g/mol. The van der Waals surface area contributed by atoms with Gasteiger partial charge in [-0.2, -0.15) is 5.26 Å². The summed E-state index contributed by atoms with van der Waals surface area (Å²) in [5.41, 5.74) is -1.05. The molecule has 70 valence electrons. The van der Waals surface area contributed by atoms with Gasteiger partial charge in [0, 0.05) is 0 Å². The Kier molecular flexibility index (Phi) is 1.80. The molecule has 2 unspecified atom stereocenters. The summed E-state index contributed by atoms with van der Waals surface area (Å²) in [5, 5.41) is 18.0. The number of hydrogen-bond donors (Lipinski definition) is 1. The van der Waals surface area contributed by atoms with Crippen molar-refractivity contribution in [1.29, 1.82) is 5.26 Å². The number of nitriles is 1. The zero-order chi connectivity index (χ0) is 9.47. The second-order valence-electron chi connectivity index (χ2n) is 4.45. The summed E-state index contributed by atoms with van der Waals surface area (Å²) in [6.45, 7) is 0. The Morgan fingerprint density at radius 1 is 1.38 bits per heavy atom. The molecule has 0 radical (unpaired) electrons. The van der Waals surface area contributed by atoms with Gasteiger partial charge in [0.15, 0.2) is 5.41 Å². The van der Waals surface area contributed by atoms with Crippen LogP contribution in [0.2, 0.25) is 0 Å². The van der Waals surface area contributed by atoms with Gasteiger partial charge in [-0.15, -0.1) is 0 Å². The quantitative estimate of drug-likeness (QED) is 0.667. The number of aliphatic carboxylic acids is 1. The van der Waals surface area contributed by atoms with E-state index in [1.165, 1.54) is 0 Å². The third kappa shape index (κ3) is 1.21. The SMILES string of the molecule is N#CC1(C(=O)O)CC2CCC(C2)C1. The lowest BCUT2D eigenvalue weighted by Crippen LogP contribution is -2.35. The highest BCUT2D eigenvalue weighted by atomic mass is 16.4. The first-order chi connectivity index (χ1) is 6.16. The maximum atomic E-state index is 11.0. The summed E-state index contributed by atoms with van der Waals surface area (Å²) in [5.74, 6) is 0.0793. The van der Waals surface area contributed by atoms with Gasteiger partial charge in [0.2, 0.25) is 0 Å². The Morgan fingerprint density at radius 3 is 2.31 bits per heavy atom. The van der Waals surface area contributed by atoms with Crippen LogP contribution in [-0.4, -0.2) is 11.1 Å². The molecule has 2 aliphatic rings. The van der Waals surface area contributed by atoms with E-state index in [2.05, 4.69) is 0 Å². The largest absolute Gasteiger partial charge is 0.480 e. The Labute approximate surface area is 77.4 Å². The average Bonchev–Trinajstić information content (AvgIpc) is 2.45. The fourth-order valence-corrected chi connectivity index (χ4v) is 2.93. The Morgan fingerprint density at radius 2 is 1.92 bits per heavy atom. The van der Waals surface area contributed by atoms with Crippen LogP contribution in [0.15, 0.2) is 0 Å². The third-order valence-corrected chi connectivity index (χ3v) is 3.55. The molecule has 0 aromatic carbocycles. The van der Waals surface area contributed by atoms with Gasteiger partial charge in [-0.1, -0.05) is 12.8 Å². The van der Waals surface area contributed by atoms with Gasteiger partial charge >= 0.3 is 5.97 Å². The Balaban J connectivity index is 2.25. The maximum Gasteiger partial charge on any atom is 0.324 e. The fraction of sp³-hybridized carbons (Fsp3) is 0.800. The van der Waals surface area contributed by atoms with Crippen molar-refractivity contribution in [1.82, 2.24) is 0 Å². The zero-order valence-electron chi connectivity index (χ0n) is 7.49. The molecule has 0 aromatic heterocycles. The monoisotopic (exact) mass is 179 g/mol. The minimum atomic E-state index is -1.05. The molecule has 2 atom stereocenters. The minimum Gasteiger partial charge on any atom is -0.480 e. The van der Waals surface area contributed by atoms with Crippen molar-refractivity contribution in [2.75, 3.05) is 0 Å². The number of carbonyl (C=O) groups is 1. The van der Waals surface area contributed by atoms with E-state index in [1.807, 2.05) is 6.07 Å². The highest BCUT2D eigenvalue weighted by Gasteiger charge is 2.49. The Hall–Kier alpha value is -1.04. The van der Waals surface area contributed by atoms with Crippen molar-refractivity contribution in [2.45, 2.75) is 32.1 Å². The second-order valence-corrected chi connectivity index (χ2v) is 4.45. The van der Waals surface area contributed by atoms with E-state index in [0.717, 1.165) is 19.3 Å². The number of fused-ring (bicyclic) bond motifs is 2. The molecule has 2 bridgehead atoms. The van der Waals surface area contributed by atoms with Crippen LogP contribution in [0.4, 0.5) is 0 Å². The van der Waals surface area contributed by atoms with Crippen LogP contribution in [0.5, 0.6) is 0 Å². The highest BCUT2D eigenvalue weighted by molar-refractivity contribution is 5.78. The van der Waals surface area contributed by atoms with Crippen LogP contribution in [0, 0.1) is 28.6 Å². The molecule has 1 N–H and O–H groups in total. The predicted molar refractivity (Wildman–Crippen MR) is 45.7 cm³/mol. The van der Waals surface area contributed by atoms with E-state index >= 15 is 0 Å². The molecular formula is C10H13NO2. The number of rotatable bonds is 1. The third-order valence-electron chi connectivity index (χ3n) is 3.55. The molecule has 0 saturated heterocycles. The van der Waals surface area contributed by atoms with E-state index in [-0.39, 0.29) is 0 Å². The molecule has 3 nitrogen and oxygen atoms in total. The summed E-state index contributed by atoms with van der Waals surface area (Å²) >= 11 is 0. The number of hydrogen-bond acceptors (Lipinski definition) is 2. The molecule has 0 spiro atoms. The van der Waals surface area contributed by atoms with Gasteiger partial charge in [0.1, 0.15) is 0 Å². The van der Waals surface area contributed by atoms with Gasteiger partial charge < -0.3 is 5.11 Å². The topological polar surface area (TPSA) is 61.1 Å². The van der Waals surface area contributed by atoms with Crippen molar-refractivity contribution < 1.29 is 9.90 Å². The molecule has 2 aliphatic carbocycles. The molecule has 0 heterocycles. The number of carboxylic acids is 1. The van der Waals surface area contributed by atoms with Crippen LogP contribution in [-0.2, 0) is 4.79 Å². The van der Waals surface area contributed by atoms with Gasteiger partial charge in [0.05, 0.1) is 6.07 Å². The Bertz CT molecular complexity index is 267. The summed E-state index contributed by atoms with van der Waals surface area (Å²) in [4.78, 5) is 11.0. The van der Waals surface area contributed by atoms with Crippen LogP contribution in [0.3, 0.4) is 0 Å². The van der Waals surface area contributed by atoms with Crippen molar-refractivity contribution in [2.24, 2.45) is 17.3 Å². The minimum absolute atomic E-state index is 0.495. The zero-order valence-corrected chi connectivity index (χ0v) is 7.49. The summed E-state index contributed by atoms with van der Waals surface area (Å²) in [7, 11) is 0. The molecule has 0 aromatic rings. The molecule has 0 aliphatic heterocycles. The van der Waals surface area contributed by atoms with Gasteiger partial charge in [-0.05, 0) is 31.1 Å². The molecule has 0 amide bonds. The normalized spacial score (nSPS) is 42.7. The first-order valence-corrected chi connectivity index (χ1v) is 4.81. The summed E-state index contributed by atoms with van der Waals surface area (Å²) < 4.78 is 0. The molecule has 13 heavy (non-hydrogen) atoms. The van der Waals surface area contributed by atoms with Crippen LogP contribution in [0.25, 0.3) is 0 Å².